The highest BCUT2D eigenvalue weighted by molar-refractivity contribution is 5.98. The third-order valence-corrected chi connectivity index (χ3v) is 6.92. The summed E-state index contributed by atoms with van der Waals surface area (Å²) in [5, 5.41) is 7.71. The van der Waals surface area contributed by atoms with Gasteiger partial charge in [0.05, 0.1) is 11.9 Å². The molecule has 4 rings (SSSR count). The minimum absolute atomic E-state index is 0. The van der Waals surface area contributed by atoms with Crippen molar-refractivity contribution in [3.63, 3.8) is 0 Å². The van der Waals surface area contributed by atoms with Gasteiger partial charge >= 0.3 is 0 Å². The van der Waals surface area contributed by atoms with Crippen molar-refractivity contribution >= 4 is 71.5 Å². The van der Waals surface area contributed by atoms with Crippen LogP contribution in [-0.2, 0) is 20.8 Å². The molecule has 0 fully saturated rings. The van der Waals surface area contributed by atoms with Gasteiger partial charge in [-0.1, -0.05) is 66.7 Å². The Bertz CT molecular complexity index is 1520. The molecule has 44 heavy (non-hydrogen) atoms. The number of anilines is 1. The highest BCUT2D eigenvalue weighted by Crippen LogP contribution is 2.26. The Morgan fingerprint density at radius 3 is 2.20 bits per heavy atom. The first-order chi connectivity index (χ1) is 19.5. The number of halogens is 3. The molecule has 12 heteroatoms. The molecule has 0 saturated heterocycles. The molecule has 3 amide bonds. The van der Waals surface area contributed by atoms with E-state index in [-0.39, 0.29) is 48.9 Å². The Kier molecular flexibility index (Phi) is 14.8. The molecule has 238 valence electrons. The van der Waals surface area contributed by atoms with E-state index in [1.165, 1.54) is 11.2 Å². The van der Waals surface area contributed by atoms with Crippen molar-refractivity contribution in [3.8, 4) is 0 Å². The molecule has 0 saturated carbocycles. The fourth-order valence-corrected chi connectivity index (χ4v) is 4.59. The predicted molar refractivity (Wildman–Crippen MR) is 183 cm³/mol. The second-order valence-electron chi connectivity index (χ2n) is 11.1. The van der Waals surface area contributed by atoms with Crippen molar-refractivity contribution in [3.05, 3.63) is 96.4 Å². The molecule has 2 atom stereocenters. The maximum atomic E-state index is 13.4. The van der Waals surface area contributed by atoms with Crippen LogP contribution in [-0.4, -0.2) is 57.8 Å². The van der Waals surface area contributed by atoms with Crippen LogP contribution in [0.25, 0.3) is 10.8 Å². The Morgan fingerprint density at radius 1 is 0.932 bits per heavy atom. The highest BCUT2D eigenvalue weighted by atomic mass is 35.5. The number of nitrogens with zero attached hydrogens (tertiary/aromatic N) is 3. The normalized spacial score (nSPS) is 12.0. The number of nitrogens with two attached hydrogens (primary N) is 1. The number of fused-ring (bicyclic) bond motifs is 1. The smallest absolute Gasteiger partial charge is 0.249 e. The Balaban J connectivity index is 0.00000323. The molecule has 4 aromatic rings. The minimum Gasteiger partial charge on any atom is -0.347 e. The van der Waals surface area contributed by atoms with E-state index < -0.39 is 29.4 Å². The topological polar surface area (TPSA) is 122 Å². The van der Waals surface area contributed by atoms with E-state index in [2.05, 4.69) is 15.6 Å². The summed E-state index contributed by atoms with van der Waals surface area (Å²) < 4.78 is 1.69. The maximum Gasteiger partial charge on any atom is 0.249 e. The van der Waals surface area contributed by atoms with Crippen LogP contribution in [0.2, 0.25) is 0 Å². The maximum absolute atomic E-state index is 13.4. The molecule has 0 radical (unpaired) electrons. The average molecular weight is 664 g/mol. The molecule has 4 N–H and O–H groups in total. The first kappa shape index (κ1) is 38.4. The number of likely N-dealkylation sites (N-methyl/N-ethyl adjacent to an activating group) is 1. The van der Waals surface area contributed by atoms with Crippen LogP contribution < -0.4 is 16.4 Å². The number of carbonyl (C=O) groups is 3. The van der Waals surface area contributed by atoms with Crippen LogP contribution in [0.15, 0.2) is 85.3 Å². The zero-order chi connectivity index (χ0) is 29.6. The molecule has 1 heterocycles. The average Bonchev–Trinajstić information content (AvgIpc) is 3.40. The zero-order valence-corrected chi connectivity index (χ0v) is 27.7. The SMILES string of the molecule is CN(C)C(=O)C(c1ccc2ccccc2c1)n1cnc(NC(=O)[C@@H](CCCc2ccccc2)NC(=O)C(C)(C)N)c1.Cl.Cl.Cl. The van der Waals surface area contributed by atoms with E-state index >= 15 is 0 Å². The second-order valence-corrected chi connectivity index (χ2v) is 11.1. The number of rotatable bonds is 11. The number of carbonyl (C=O) groups excluding carboxylic acids is 3. The van der Waals surface area contributed by atoms with Crippen molar-refractivity contribution in [1.29, 1.82) is 0 Å². The molecule has 0 spiro atoms. The summed E-state index contributed by atoms with van der Waals surface area (Å²) in [6.45, 7) is 3.19. The van der Waals surface area contributed by atoms with E-state index in [1.54, 1.807) is 38.7 Å². The summed E-state index contributed by atoms with van der Waals surface area (Å²) >= 11 is 0. The molecule has 1 aromatic heterocycles. The Hall–Kier alpha value is -3.63. The number of aryl methyl sites for hydroxylation is 1. The lowest BCUT2D eigenvalue weighted by atomic mass is 10.0. The third-order valence-electron chi connectivity index (χ3n) is 6.92. The van der Waals surface area contributed by atoms with Crippen molar-refractivity contribution in [2.75, 3.05) is 19.4 Å². The van der Waals surface area contributed by atoms with Crippen LogP contribution in [0, 0.1) is 0 Å². The van der Waals surface area contributed by atoms with Gasteiger partial charge in [-0.2, -0.15) is 0 Å². The molecule has 0 aliphatic rings. The number of amides is 3. The summed E-state index contributed by atoms with van der Waals surface area (Å²) in [6, 6.07) is 22.4. The summed E-state index contributed by atoms with van der Waals surface area (Å²) in [7, 11) is 3.41. The molecular formula is C32H41Cl3N6O3. The lowest BCUT2D eigenvalue weighted by Gasteiger charge is -2.24. The fraction of sp³-hybridized carbons (Fsp3) is 0.312. The van der Waals surface area contributed by atoms with Crippen LogP contribution in [0.3, 0.4) is 0 Å². The number of benzene rings is 3. The first-order valence-electron chi connectivity index (χ1n) is 13.7. The molecule has 3 aromatic carbocycles. The van der Waals surface area contributed by atoms with Crippen LogP contribution in [0.5, 0.6) is 0 Å². The number of aromatic nitrogens is 2. The van der Waals surface area contributed by atoms with Gasteiger partial charge in [-0.15, -0.1) is 37.2 Å². The van der Waals surface area contributed by atoms with Crippen molar-refractivity contribution < 1.29 is 14.4 Å². The standard InChI is InChI=1S/C32H38N6O3.3ClH/c1-32(2,33)31(41)35-26(16-10-13-22-11-6-5-7-12-22)29(39)36-27-20-38(21-34-27)28(30(40)37(3)4)25-18-17-23-14-8-9-15-24(23)19-25;;;/h5-9,11-12,14-15,17-21,26,28H,10,13,16,33H2,1-4H3,(H,35,41)(H,36,39);3*1H/t26-,28?;;;/m1.../s1. The fourth-order valence-electron chi connectivity index (χ4n) is 4.59. The monoisotopic (exact) mass is 662 g/mol. The van der Waals surface area contributed by atoms with Gasteiger partial charge in [-0.25, -0.2) is 4.98 Å². The highest BCUT2D eigenvalue weighted by Gasteiger charge is 2.29. The van der Waals surface area contributed by atoms with Crippen molar-refractivity contribution in [2.24, 2.45) is 5.73 Å². The van der Waals surface area contributed by atoms with Gasteiger partial charge in [0.1, 0.15) is 12.1 Å². The lowest BCUT2D eigenvalue weighted by Crippen LogP contribution is -2.54. The Morgan fingerprint density at radius 2 is 1.57 bits per heavy atom. The van der Waals surface area contributed by atoms with Gasteiger partial charge in [-0.3, -0.25) is 14.4 Å². The van der Waals surface area contributed by atoms with Crippen LogP contribution in [0.4, 0.5) is 5.82 Å². The second kappa shape index (κ2) is 17.0. The molecule has 9 nitrogen and oxygen atoms in total. The van der Waals surface area contributed by atoms with E-state index in [0.717, 1.165) is 28.3 Å². The minimum atomic E-state index is -1.14. The lowest BCUT2D eigenvalue weighted by molar-refractivity contribution is -0.131. The zero-order valence-electron chi connectivity index (χ0n) is 25.2. The first-order valence-corrected chi connectivity index (χ1v) is 13.7. The largest absolute Gasteiger partial charge is 0.347 e. The van der Waals surface area contributed by atoms with Crippen LogP contribution >= 0.6 is 37.2 Å². The number of hydrogen-bond donors (Lipinski definition) is 3. The molecule has 1 unspecified atom stereocenters. The van der Waals surface area contributed by atoms with Gasteiger partial charge in [0.2, 0.25) is 17.7 Å². The van der Waals surface area contributed by atoms with Gasteiger partial charge in [0, 0.05) is 20.3 Å². The molecule has 0 aliphatic heterocycles. The number of nitrogens with one attached hydrogen (secondary N) is 2. The van der Waals surface area contributed by atoms with E-state index in [1.807, 2.05) is 72.8 Å². The predicted octanol–water partition coefficient (Wildman–Crippen LogP) is 5.16. The summed E-state index contributed by atoms with van der Waals surface area (Å²) in [4.78, 5) is 45.2. The summed E-state index contributed by atoms with van der Waals surface area (Å²) in [6.07, 6.45) is 5.03. The Labute approximate surface area is 277 Å². The van der Waals surface area contributed by atoms with Gasteiger partial charge < -0.3 is 25.8 Å². The van der Waals surface area contributed by atoms with Gasteiger partial charge in [-0.05, 0) is 61.1 Å². The van der Waals surface area contributed by atoms with Gasteiger partial charge in [0.15, 0.2) is 5.82 Å². The summed E-state index contributed by atoms with van der Waals surface area (Å²) in [5.74, 6) is -0.675. The molecular weight excluding hydrogens is 623 g/mol. The quantitative estimate of drug-likeness (QED) is 0.205. The summed E-state index contributed by atoms with van der Waals surface area (Å²) in [5.41, 5.74) is 6.80. The van der Waals surface area contributed by atoms with E-state index in [0.29, 0.717) is 12.8 Å². The van der Waals surface area contributed by atoms with Crippen molar-refractivity contribution in [1.82, 2.24) is 19.8 Å². The van der Waals surface area contributed by atoms with Crippen LogP contribution in [0.1, 0.15) is 43.9 Å². The van der Waals surface area contributed by atoms with E-state index in [9.17, 15) is 14.4 Å². The third kappa shape index (κ3) is 9.95. The number of hydrogen-bond acceptors (Lipinski definition) is 5. The molecule has 0 bridgehead atoms. The van der Waals surface area contributed by atoms with E-state index in [4.69, 9.17) is 5.73 Å². The van der Waals surface area contributed by atoms with Crippen molar-refractivity contribution in [2.45, 2.75) is 50.7 Å². The number of imidazole rings is 1. The molecule has 0 aliphatic carbocycles. The van der Waals surface area contributed by atoms with Gasteiger partial charge in [0.25, 0.3) is 0 Å².